The Balaban J connectivity index is 1.47. The zero-order chi connectivity index (χ0) is 26.2. The standard InChI is InChI=1S/C29H25ClF2N4O/c1-29(2,32)26(21-11-22(13-25(31)12-21)28-35-34-17-37-28)23-15-36(16-23)27(19-6-8-24(30)9-7-19)20-5-3-4-18(10-20)14-33/h3-13,17,23,26-27H,15-16H2,1-2H3/t26-,27+/m1/s1. The Labute approximate surface area is 219 Å². The zero-order valence-corrected chi connectivity index (χ0v) is 21.2. The van der Waals surface area contributed by atoms with E-state index >= 15 is 4.39 Å². The lowest BCUT2D eigenvalue weighted by atomic mass is 9.72. The fourth-order valence-corrected chi connectivity index (χ4v) is 5.58. The van der Waals surface area contributed by atoms with Crippen LogP contribution in [0, 0.1) is 23.1 Å². The van der Waals surface area contributed by atoms with Gasteiger partial charge in [0.25, 0.3) is 0 Å². The molecule has 37 heavy (non-hydrogen) atoms. The molecule has 5 rings (SSSR count). The van der Waals surface area contributed by atoms with Gasteiger partial charge in [0.15, 0.2) is 0 Å². The molecule has 1 fully saturated rings. The Morgan fingerprint density at radius 2 is 1.81 bits per heavy atom. The minimum atomic E-state index is -1.60. The number of aromatic nitrogens is 2. The maximum Gasteiger partial charge on any atom is 0.247 e. The summed E-state index contributed by atoms with van der Waals surface area (Å²) in [5, 5.41) is 17.6. The first-order valence-corrected chi connectivity index (χ1v) is 12.4. The van der Waals surface area contributed by atoms with E-state index in [0.717, 1.165) is 11.1 Å². The SMILES string of the molecule is CC(C)(F)[C@H](c1cc(F)cc(-c2nnco2)c1)C1CN([C@@H](c2ccc(Cl)cc2)c2cccc(C#N)c2)C1. The molecule has 0 N–H and O–H groups in total. The molecule has 0 saturated carbocycles. The fraction of sp³-hybridized carbons (Fsp3) is 0.276. The quantitative estimate of drug-likeness (QED) is 0.265. The predicted molar refractivity (Wildman–Crippen MR) is 137 cm³/mol. The number of likely N-dealkylation sites (tertiary alicyclic amines) is 1. The van der Waals surface area contributed by atoms with Gasteiger partial charge in [0.1, 0.15) is 11.5 Å². The van der Waals surface area contributed by atoms with Crippen LogP contribution in [0.2, 0.25) is 5.02 Å². The number of alkyl halides is 1. The van der Waals surface area contributed by atoms with Crippen molar-refractivity contribution in [3.8, 4) is 17.5 Å². The van der Waals surface area contributed by atoms with Crippen LogP contribution in [-0.4, -0.2) is 33.9 Å². The molecule has 8 heteroatoms. The van der Waals surface area contributed by atoms with E-state index in [1.165, 1.54) is 32.4 Å². The molecular formula is C29H25ClF2N4O. The van der Waals surface area contributed by atoms with Crippen LogP contribution in [0.15, 0.2) is 77.5 Å². The van der Waals surface area contributed by atoms with E-state index in [-0.39, 0.29) is 17.9 Å². The van der Waals surface area contributed by atoms with E-state index in [1.807, 2.05) is 42.5 Å². The first kappa shape index (κ1) is 25.1. The van der Waals surface area contributed by atoms with Crippen LogP contribution >= 0.6 is 11.6 Å². The lowest BCUT2D eigenvalue weighted by Gasteiger charge is -2.50. The molecule has 0 radical (unpaired) electrons. The molecule has 4 aromatic rings. The van der Waals surface area contributed by atoms with E-state index in [0.29, 0.717) is 34.8 Å². The molecule has 2 atom stereocenters. The largest absolute Gasteiger partial charge is 0.423 e. The number of benzene rings is 3. The smallest absolute Gasteiger partial charge is 0.247 e. The summed E-state index contributed by atoms with van der Waals surface area (Å²) in [6, 6.07) is 21.7. The Bertz CT molecular complexity index is 1420. The zero-order valence-electron chi connectivity index (χ0n) is 20.4. The monoisotopic (exact) mass is 518 g/mol. The summed E-state index contributed by atoms with van der Waals surface area (Å²) in [5.41, 5.74) is 1.95. The van der Waals surface area contributed by atoms with Crippen LogP contribution in [0.25, 0.3) is 11.5 Å². The summed E-state index contributed by atoms with van der Waals surface area (Å²) < 4.78 is 35.6. The Kier molecular flexibility index (Phi) is 6.80. The van der Waals surface area contributed by atoms with Crippen LogP contribution in [0.3, 0.4) is 0 Å². The van der Waals surface area contributed by atoms with Crippen molar-refractivity contribution < 1.29 is 13.2 Å². The first-order valence-electron chi connectivity index (χ1n) is 12.0. The highest BCUT2D eigenvalue weighted by atomic mass is 35.5. The van der Waals surface area contributed by atoms with Crippen molar-refractivity contribution in [2.45, 2.75) is 31.5 Å². The number of hydrogen-bond donors (Lipinski definition) is 0. The third-order valence-electron chi connectivity index (χ3n) is 6.92. The average molecular weight is 519 g/mol. The van der Waals surface area contributed by atoms with Gasteiger partial charge >= 0.3 is 0 Å². The van der Waals surface area contributed by atoms with Crippen LogP contribution in [-0.2, 0) is 0 Å². The molecule has 1 aliphatic rings. The van der Waals surface area contributed by atoms with E-state index in [1.54, 1.807) is 12.1 Å². The summed E-state index contributed by atoms with van der Waals surface area (Å²) in [4.78, 5) is 2.25. The van der Waals surface area contributed by atoms with E-state index in [4.69, 9.17) is 16.0 Å². The molecular weight excluding hydrogens is 494 g/mol. The second-order valence-electron chi connectivity index (χ2n) is 9.96. The summed E-state index contributed by atoms with van der Waals surface area (Å²) in [5.74, 6) is -0.918. The summed E-state index contributed by atoms with van der Waals surface area (Å²) >= 11 is 6.14. The second-order valence-corrected chi connectivity index (χ2v) is 10.4. The van der Waals surface area contributed by atoms with Gasteiger partial charge in [0.05, 0.1) is 17.7 Å². The summed E-state index contributed by atoms with van der Waals surface area (Å²) in [7, 11) is 0. The number of rotatable bonds is 7. The van der Waals surface area contributed by atoms with Crippen LogP contribution in [0.4, 0.5) is 8.78 Å². The highest BCUT2D eigenvalue weighted by Crippen LogP contribution is 2.46. The van der Waals surface area contributed by atoms with Gasteiger partial charge in [-0.1, -0.05) is 35.9 Å². The third-order valence-corrected chi connectivity index (χ3v) is 7.17. The van der Waals surface area contributed by atoms with Crippen molar-refractivity contribution in [2.24, 2.45) is 5.92 Å². The van der Waals surface area contributed by atoms with Gasteiger partial charge in [-0.05, 0) is 78.9 Å². The van der Waals surface area contributed by atoms with Crippen LogP contribution in [0.1, 0.15) is 48.1 Å². The van der Waals surface area contributed by atoms with Crippen LogP contribution in [0.5, 0.6) is 0 Å². The number of nitrogens with zero attached hydrogens (tertiary/aromatic N) is 4. The van der Waals surface area contributed by atoms with E-state index < -0.39 is 17.4 Å². The minimum absolute atomic E-state index is 0.0636. The van der Waals surface area contributed by atoms with Gasteiger partial charge in [-0.2, -0.15) is 5.26 Å². The summed E-state index contributed by atoms with van der Waals surface area (Å²) in [6.07, 6.45) is 1.18. The van der Waals surface area contributed by atoms with Gasteiger partial charge in [0, 0.05) is 29.6 Å². The van der Waals surface area contributed by atoms with Gasteiger partial charge in [-0.15, -0.1) is 10.2 Å². The molecule has 3 aromatic carbocycles. The molecule has 0 bridgehead atoms. The van der Waals surface area contributed by atoms with E-state index in [2.05, 4.69) is 21.2 Å². The highest BCUT2D eigenvalue weighted by Gasteiger charge is 2.45. The summed E-state index contributed by atoms with van der Waals surface area (Å²) in [6.45, 7) is 4.25. The number of halogens is 3. The molecule has 1 aliphatic heterocycles. The number of nitriles is 1. The lowest BCUT2D eigenvalue weighted by Crippen LogP contribution is -2.53. The van der Waals surface area contributed by atoms with E-state index in [9.17, 15) is 9.65 Å². The maximum absolute atomic E-state index is 15.7. The van der Waals surface area contributed by atoms with Crippen LogP contribution < -0.4 is 0 Å². The minimum Gasteiger partial charge on any atom is -0.423 e. The number of hydrogen-bond acceptors (Lipinski definition) is 5. The van der Waals surface area contributed by atoms with Crippen molar-refractivity contribution >= 4 is 11.6 Å². The molecule has 0 unspecified atom stereocenters. The lowest BCUT2D eigenvalue weighted by molar-refractivity contribution is 0.00814. The Morgan fingerprint density at radius 1 is 1.05 bits per heavy atom. The fourth-order valence-electron chi connectivity index (χ4n) is 5.45. The van der Waals surface area contributed by atoms with Crippen molar-refractivity contribution in [3.05, 3.63) is 106 Å². The van der Waals surface area contributed by atoms with Crippen molar-refractivity contribution in [1.29, 1.82) is 5.26 Å². The predicted octanol–water partition coefficient (Wildman–Crippen LogP) is 6.95. The Morgan fingerprint density at radius 3 is 2.46 bits per heavy atom. The molecule has 188 valence electrons. The van der Waals surface area contributed by atoms with Gasteiger partial charge < -0.3 is 4.42 Å². The topological polar surface area (TPSA) is 66.0 Å². The molecule has 1 aromatic heterocycles. The van der Waals surface area contributed by atoms with Gasteiger partial charge in [0.2, 0.25) is 12.3 Å². The van der Waals surface area contributed by atoms with Gasteiger partial charge in [-0.3, -0.25) is 4.90 Å². The Hall–Kier alpha value is -3.60. The second kappa shape index (κ2) is 10.0. The molecule has 0 aliphatic carbocycles. The molecule has 1 saturated heterocycles. The van der Waals surface area contributed by atoms with Crippen molar-refractivity contribution in [1.82, 2.24) is 15.1 Å². The maximum atomic E-state index is 15.7. The molecule has 2 heterocycles. The molecule has 5 nitrogen and oxygen atoms in total. The molecule has 0 amide bonds. The molecule has 0 spiro atoms. The average Bonchev–Trinajstić information content (AvgIpc) is 3.38. The highest BCUT2D eigenvalue weighted by molar-refractivity contribution is 6.30. The first-order chi connectivity index (χ1) is 17.7. The van der Waals surface area contributed by atoms with Crippen molar-refractivity contribution in [3.63, 3.8) is 0 Å². The third kappa shape index (κ3) is 5.27. The van der Waals surface area contributed by atoms with Crippen molar-refractivity contribution in [2.75, 3.05) is 13.1 Å². The normalized spacial score (nSPS) is 16.1. The van der Waals surface area contributed by atoms with Gasteiger partial charge in [-0.25, -0.2) is 8.78 Å².